The van der Waals surface area contributed by atoms with Crippen LogP contribution in [0.1, 0.15) is 71.2 Å². The van der Waals surface area contributed by atoms with Crippen LogP contribution in [0.2, 0.25) is 10.0 Å². The third kappa shape index (κ3) is 9.37. The Kier molecular flexibility index (Phi) is 14.7. The molecule has 0 bridgehead atoms. The van der Waals surface area contributed by atoms with Gasteiger partial charge in [-0.2, -0.15) is 11.1 Å². The summed E-state index contributed by atoms with van der Waals surface area (Å²) < 4.78 is 0. The SMILES string of the molecule is CCCc1ccc(C)c2[cH-]c(C)c(C)c12.CCCc1ccc(C)c2[cH-]c(C)c(C)c12.Clc1ccc([Si](c2ccc(Cl)cc2)=[Zr]([Cl])[Cl])cc1. The summed E-state index contributed by atoms with van der Waals surface area (Å²) >= 11 is 9.43. The van der Waals surface area contributed by atoms with Crippen LogP contribution in [0, 0.1) is 41.5 Å². The van der Waals surface area contributed by atoms with E-state index in [1.807, 2.05) is 48.5 Å². The first-order valence-corrected chi connectivity index (χ1v) is 29.0. The molecule has 0 aliphatic carbocycles. The zero-order valence-corrected chi connectivity index (χ0v) is 35.9. The maximum atomic E-state index is 6.33. The van der Waals surface area contributed by atoms with Gasteiger partial charge in [-0.15, -0.1) is 68.1 Å². The first-order chi connectivity index (χ1) is 22.9. The fourth-order valence-electron chi connectivity index (χ4n) is 6.41. The minimum atomic E-state index is -2.38. The van der Waals surface area contributed by atoms with Crippen LogP contribution in [0.5, 0.6) is 0 Å². The molecule has 0 saturated heterocycles. The first kappa shape index (κ1) is 39.2. The average Bonchev–Trinajstić information content (AvgIpc) is 3.54. The normalized spacial score (nSPS) is 10.8. The van der Waals surface area contributed by atoms with E-state index in [0.717, 1.165) is 10.0 Å². The fraction of sp³-hybridized carbons (Fsp3) is 0.286. The Morgan fingerprint density at radius 3 is 1.21 bits per heavy atom. The van der Waals surface area contributed by atoms with Gasteiger partial charge in [-0.3, -0.25) is 0 Å². The molecule has 252 valence electrons. The summed E-state index contributed by atoms with van der Waals surface area (Å²) in [6.45, 7) is 17.8. The zero-order valence-electron chi connectivity index (χ0n) is 29.4. The summed E-state index contributed by atoms with van der Waals surface area (Å²) in [5, 5.41) is 9.81. The molecule has 0 saturated carbocycles. The quantitative estimate of drug-likeness (QED) is 0.116. The van der Waals surface area contributed by atoms with Gasteiger partial charge in [0, 0.05) is 0 Å². The monoisotopic (exact) mass is 808 g/mol. The van der Waals surface area contributed by atoms with E-state index in [2.05, 4.69) is 91.8 Å². The molecule has 0 spiro atoms. The number of fused-ring (bicyclic) bond motifs is 2. The van der Waals surface area contributed by atoms with E-state index >= 15 is 0 Å². The molecule has 6 aromatic rings. The Hall–Kier alpha value is -1.64. The van der Waals surface area contributed by atoms with Crippen LogP contribution in [0.15, 0.2) is 84.9 Å². The van der Waals surface area contributed by atoms with Crippen molar-refractivity contribution in [3.05, 3.63) is 139 Å². The van der Waals surface area contributed by atoms with Crippen molar-refractivity contribution in [3.63, 3.8) is 0 Å². The van der Waals surface area contributed by atoms with Crippen LogP contribution in [0.25, 0.3) is 21.5 Å². The standard InChI is InChI=1S/2C15H19.C12H8Cl2Si.2ClH.Zr/c2*1-5-6-13-8-7-10(2)14-9-11(3)12(4)15(13)14;13-9-1-5-11(6-2-9)15-12-7-3-10(14)4-8-12;;;/h2*7-9H,5-6H2,1-4H3;1-8H;2*1H;/q2*-1;;;;+2/p-2. The average molecular weight is 812 g/mol. The van der Waals surface area contributed by atoms with Gasteiger partial charge in [0.05, 0.1) is 0 Å². The van der Waals surface area contributed by atoms with Gasteiger partial charge in [-0.25, -0.2) is 0 Å². The molecule has 0 aromatic heterocycles. The van der Waals surface area contributed by atoms with E-state index in [4.69, 9.17) is 40.2 Å². The molecule has 6 aromatic carbocycles. The molecule has 0 atom stereocenters. The van der Waals surface area contributed by atoms with E-state index < -0.39 is 23.4 Å². The molecular weight excluding hydrogens is 766 g/mol. The molecule has 6 rings (SSSR count). The van der Waals surface area contributed by atoms with E-state index in [9.17, 15) is 0 Å². The second-order valence-electron chi connectivity index (χ2n) is 12.7. The Morgan fingerprint density at radius 2 is 0.896 bits per heavy atom. The van der Waals surface area contributed by atoms with Gasteiger partial charge in [-0.05, 0) is 12.8 Å². The predicted octanol–water partition coefficient (Wildman–Crippen LogP) is 12.9. The van der Waals surface area contributed by atoms with Crippen molar-refractivity contribution in [2.45, 2.75) is 81.1 Å². The van der Waals surface area contributed by atoms with Crippen molar-refractivity contribution in [2.24, 2.45) is 0 Å². The second-order valence-corrected chi connectivity index (χ2v) is 32.8. The summed E-state index contributed by atoms with van der Waals surface area (Å²) in [4.78, 5) is 0. The Balaban J connectivity index is 0.000000164. The molecule has 0 fully saturated rings. The number of benzene rings is 4. The molecule has 0 heterocycles. The van der Waals surface area contributed by atoms with Gasteiger partial charge in [-0.1, -0.05) is 91.5 Å². The summed E-state index contributed by atoms with van der Waals surface area (Å²) in [7, 11) is 12.7. The summed E-state index contributed by atoms with van der Waals surface area (Å²) in [6.07, 6.45) is 4.84. The molecule has 0 radical (unpaired) electrons. The van der Waals surface area contributed by atoms with Crippen LogP contribution in [0.3, 0.4) is 0 Å². The number of rotatable bonds is 6. The number of hydrogen-bond donors (Lipinski definition) is 0. The number of hydrogen-bond acceptors (Lipinski definition) is 0. The topological polar surface area (TPSA) is 0 Å². The van der Waals surface area contributed by atoms with Crippen molar-refractivity contribution in [3.8, 4) is 0 Å². The Morgan fingerprint density at radius 1 is 0.542 bits per heavy atom. The number of aryl methyl sites for hydroxylation is 8. The van der Waals surface area contributed by atoms with Crippen molar-refractivity contribution in [1.29, 1.82) is 0 Å². The van der Waals surface area contributed by atoms with E-state index in [0.29, 0.717) is 0 Å². The van der Waals surface area contributed by atoms with Crippen LogP contribution >= 0.6 is 40.2 Å². The van der Waals surface area contributed by atoms with Gasteiger partial charge in [0.15, 0.2) is 0 Å². The molecule has 0 amide bonds. The van der Waals surface area contributed by atoms with E-state index in [1.54, 1.807) is 0 Å². The van der Waals surface area contributed by atoms with Gasteiger partial charge in [0.1, 0.15) is 0 Å². The summed E-state index contributed by atoms with van der Waals surface area (Å²) in [5.41, 5.74) is 10.6. The van der Waals surface area contributed by atoms with Gasteiger partial charge >= 0.3 is 133 Å². The third-order valence-electron chi connectivity index (χ3n) is 9.25. The fourth-order valence-corrected chi connectivity index (χ4v) is 21.9. The molecule has 0 aliphatic heterocycles. The zero-order chi connectivity index (χ0) is 35.1. The van der Waals surface area contributed by atoms with E-state index in [1.165, 1.54) is 102 Å². The minimum absolute atomic E-state index is 0.727. The summed E-state index contributed by atoms with van der Waals surface area (Å²) in [5.74, 6) is 0. The van der Waals surface area contributed by atoms with Gasteiger partial charge in [0.25, 0.3) is 0 Å². The van der Waals surface area contributed by atoms with Crippen molar-refractivity contribution in [1.82, 2.24) is 0 Å². The molecule has 0 aliphatic rings. The third-order valence-corrected chi connectivity index (χ3v) is 25.7. The molecule has 6 heteroatoms. The Labute approximate surface area is 313 Å². The maximum absolute atomic E-state index is 6.33. The first-order valence-electron chi connectivity index (χ1n) is 16.7. The molecule has 48 heavy (non-hydrogen) atoms. The van der Waals surface area contributed by atoms with Crippen molar-refractivity contribution in [2.75, 3.05) is 0 Å². The van der Waals surface area contributed by atoms with Gasteiger partial charge in [0.2, 0.25) is 0 Å². The predicted molar refractivity (Wildman–Crippen MR) is 215 cm³/mol. The second kappa shape index (κ2) is 18.0. The summed E-state index contributed by atoms with van der Waals surface area (Å²) in [6, 6.07) is 29.4. The molecule has 0 nitrogen and oxygen atoms in total. The van der Waals surface area contributed by atoms with Crippen LogP contribution < -0.4 is 10.4 Å². The molecule has 0 unspecified atom stereocenters. The van der Waals surface area contributed by atoms with Crippen molar-refractivity contribution >= 4 is 77.6 Å². The van der Waals surface area contributed by atoms with Crippen LogP contribution in [0.4, 0.5) is 0 Å². The Bertz CT molecular complexity index is 1880. The molecule has 0 N–H and O–H groups in total. The van der Waals surface area contributed by atoms with Crippen LogP contribution in [-0.2, 0) is 30.8 Å². The van der Waals surface area contributed by atoms with Crippen LogP contribution in [-0.4, -0.2) is 5.43 Å². The number of halogens is 4. The van der Waals surface area contributed by atoms with E-state index in [-0.39, 0.29) is 0 Å². The van der Waals surface area contributed by atoms with Crippen molar-refractivity contribution < 1.29 is 18.0 Å². The van der Waals surface area contributed by atoms with Gasteiger partial charge < -0.3 is 0 Å². The molecular formula is C42H46Cl4SiZr-2.